The molecule has 1 heterocycles. The lowest BCUT2D eigenvalue weighted by Gasteiger charge is -2.35. The summed E-state index contributed by atoms with van der Waals surface area (Å²) >= 11 is 0. The van der Waals surface area contributed by atoms with Crippen molar-refractivity contribution in [1.82, 2.24) is 15.1 Å². The van der Waals surface area contributed by atoms with Gasteiger partial charge in [0.2, 0.25) is 0 Å². The minimum absolute atomic E-state index is 0.228. The SMILES string of the molecule is CCOC(=O)N1CCN(C(=NC)NCCCCOc2ccc(C)cc2)CC1. The molecule has 7 heteroatoms. The number of aryl methyl sites for hydroxylation is 1. The highest BCUT2D eigenvalue weighted by molar-refractivity contribution is 5.80. The van der Waals surface area contributed by atoms with Crippen molar-refractivity contribution in [2.75, 3.05) is 53.0 Å². The number of rotatable bonds is 7. The summed E-state index contributed by atoms with van der Waals surface area (Å²) in [5.41, 5.74) is 1.24. The first-order valence-electron chi connectivity index (χ1n) is 9.70. The van der Waals surface area contributed by atoms with E-state index in [0.717, 1.165) is 44.2 Å². The lowest BCUT2D eigenvalue weighted by atomic mass is 10.2. The summed E-state index contributed by atoms with van der Waals surface area (Å²) in [6.45, 7) is 8.70. The molecule has 1 N–H and O–H groups in total. The smallest absolute Gasteiger partial charge is 0.409 e. The number of nitrogens with zero attached hydrogens (tertiary/aromatic N) is 3. The number of unbranched alkanes of at least 4 members (excludes halogenated alkanes) is 1. The van der Waals surface area contributed by atoms with E-state index in [1.807, 2.05) is 19.1 Å². The highest BCUT2D eigenvalue weighted by atomic mass is 16.6. The third-order valence-electron chi connectivity index (χ3n) is 4.46. The molecule has 1 aliphatic heterocycles. The minimum Gasteiger partial charge on any atom is -0.494 e. The number of hydrogen-bond acceptors (Lipinski definition) is 4. The van der Waals surface area contributed by atoms with Gasteiger partial charge in [0.05, 0.1) is 13.2 Å². The van der Waals surface area contributed by atoms with Crippen LogP contribution in [-0.2, 0) is 4.74 Å². The van der Waals surface area contributed by atoms with Crippen molar-refractivity contribution in [3.8, 4) is 5.75 Å². The van der Waals surface area contributed by atoms with E-state index in [1.165, 1.54) is 5.56 Å². The number of carbonyl (C=O) groups excluding carboxylic acids is 1. The molecule has 2 rings (SSSR count). The number of ether oxygens (including phenoxy) is 2. The zero-order valence-corrected chi connectivity index (χ0v) is 16.7. The molecule has 0 atom stereocenters. The zero-order chi connectivity index (χ0) is 19.5. The molecule has 7 nitrogen and oxygen atoms in total. The summed E-state index contributed by atoms with van der Waals surface area (Å²) < 4.78 is 10.8. The minimum atomic E-state index is -0.228. The van der Waals surface area contributed by atoms with E-state index < -0.39 is 0 Å². The van der Waals surface area contributed by atoms with Crippen LogP contribution in [-0.4, -0.2) is 74.8 Å². The van der Waals surface area contributed by atoms with Crippen molar-refractivity contribution < 1.29 is 14.3 Å². The topological polar surface area (TPSA) is 66.4 Å². The number of carbonyl (C=O) groups is 1. The summed E-state index contributed by atoms with van der Waals surface area (Å²) in [6, 6.07) is 8.13. The highest BCUT2D eigenvalue weighted by Gasteiger charge is 2.23. The Bertz CT molecular complexity index is 596. The van der Waals surface area contributed by atoms with Crippen molar-refractivity contribution in [3.63, 3.8) is 0 Å². The normalized spacial score (nSPS) is 14.9. The van der Waals surface area contributed by atoms with Crippen LogP contribution in [0.25, 0.3) is 0 Å². The van der Waals surface area contributed by atoms with E-state index in [2.05, 4.69) is 34.3 Å². The van der Waals surface area contributed by atoms with Gasteiger partial charge in [-0.25, -0.2) is 4.79 Å². The molecule has 0 unspecified atom stereocenters. The second-order valence-corrected chi connectivity index (χ2v) is 6.52. The van der Waals surface area contributed by atoms with Crippen LogP contribution in [0.5, 0.6) is 5.75 Å². The summed E-state index contributed by atoms with van der Waals surface area (Å²) in [5.74, 6) is 1.81. The molecule has 1 aromatic rings. The second-order valence-electron chi connectivity index (χ2n) is 6.52. The standard InChI is InChI=1S/C20H32N4O3/c1-4-26-20(25)24-14-12-23(13-15-24)19(21-3)22-11-5-6-16-27-18-9-7-17(2)8-10-18/h7-10H,4-6,11-16H2,1-3H3,(H,21,22). The van der Waals surface area contributed by atoms with Crippen molar-refractivity contribution >= 4 is 12.1 Å². The van der Waals surface area contributed by atoms with E-state index >= 15 is 0 Å². The van der Waals surface area contributed by atoms with Gasteiger partial charge in [0.1, 0.15) is 5.75 Å². The fourth-order valence-corrected chi connectivity index (χ4v) is 2.90. The van der Waals surface area contributed by atoms with Gasteiger partial charge in [-0.15, -0.1) is 0 Å². The number of amides is 1. The average Bonchev–Trinajstić information content (AvgIpc) is 2.69. The quantitative estimate of drug-likeness (QED) is 0.450. The van der Waals surface area contributed by atoms with Crippen LogP contribution in [0.3, 0.4) is 0 Å². The molecular weight excluding hydrogens is 344 g/mol. The first-order chi connectivity index (χ1) is 13.1. The summed E-state index contributed by atoms with van der Waals surface area (Å²) in [4.78, 5) is 20.0. The van der Waals surface area contributed by atoms with Gasteiger partial charge >= 0.3 is 6.09 Å². The fraction of sp³-hybridized carbons (Fsp3) is 0.600. The van der Waals surface area contributed by atoms with Crippen LogP contribution >= 0.6 is 0 Å². The Morgan fingerprint density at radius 1 is 1.11 bits per heavy atom. The number of guanidine groups is 1. The van der Waals surface area contributed by atoms with E-state index in [9.17, 15) is 4.79 Å². The first-order valence-corrected chi connectivity index (χ1v) is 9.70. The van der Waals surface area contributed by atoms with E-state index in [0.29, 0.717) is 26.3 Å². The Morgan fingerprint density at radius 3 is 2.41 bits per heavy atom. The highest BCUT2D eigenvalue weighted by Crippen LogP contribution is 2.11. The number of nitrogens with one attached hydrogen (secondary N) is 1. The zero-order valence-electron chi connectivity index (χ0n) is 16.7. The van der Waals surface area contributed by atoms with Gasteiger partial charge in [-0.2, -0.15) is 0 Å². The van der Waals surface area contributed by atoms with Crippen LogP contribution in [0.4, 0.5) is 4.79 Å². The number of hydrogen-bond donors (Lipinski definition) is 1. The van der Waals surface area contributed by atoms with Crippen LogP contribution < -0.4 is 10.1 Å². The molecule has 150 valence electrons. The van der Waals surface area contributed by atoms with Gasteiger partial charge in [-0.3, -0.25) is 4.99 Å². The lowest BCUT2D eigenvalue weighted by Crippen LogP contribution is -2.54. The molecule has 0 aromatic heterocycles. The number of benzene rings is 1. The van der Waals surface area contributed by atoms with Crippen molar-refractivity contribution in [1.29, 1.82) is 0 Å². The predicted octanol–water partition coefficient (Wildman–Crippen LogP) is 2.50. The molecule has 0 radical (unpaired) electrons. The molecule has 0 aliphatic carbocycles. The number of piperazine rings is 1. The molecule has 1 aliphatic rings. The Hall–Kier alpha value is -2.44. The summed E-state index contributed by atoms with van der Waals surface area (Å²) in [7, 11) is 1.79. The van der Waals surface area contributed by atoms with Crippen LogP contribution in [0.2, 0.25) is 0 Å². The van der Waals surface area contributed by atoms with Crippen molar-refractivity contribution in [2.45, 2.75) is 26.7 Å². The Morgan fingerprint density at radius 2 is 1.78 bits per heavy atom. The van der Waals surface area contributed by atoms with E-state index in [-0.39, 0.29) is 6.09 Å². The Balaban J connectivity index is 1.60. The maximum atomic E-state index is 11.8. The molecule has 0 saturated carbocycles. The maximum absolute atomic E-state index is 11.8. The Kier molecular flexibility index (Phi) is 8.74. The van der Waals surface area contributed by atoms with Gasteiger partial charge in [0.15, 0.2) is 5.96 Å². The van der Waals surface area contributed by atoms with Gasteiger partial charge in [0.25, 0.3) is 0 Å². The molecule has 1 fully saturated rings. The Labute approximate surface area is 162 Å². The van der Waals surface area contributed by atoms with Crippen LogP contribution in [0, 0.1) is 6.92 Å². The molecule has 1 aromatic carbocycles. The van der Waals surface area contributed by atoms with Crippen molar-refractivity contribution in [3.05, 3.63) is 29.8 Å². The third kappa shape index (κ3) is 7.00. The molecular formula is C20H32N4O3. The second kappa shape index (κ2) is 11.3. The average molecular weight is 377 g/mol. The molecule has 0 bridgehead atoms. The molecule has 0 spiro atoms. The van der Waals surface area contributed by atoms with Crippen LogP contribution in [0.15, 0.2) is 29.3 Å². The van der Waals surface area contributed by atoms with E-state index in [1.54, 1.807) is 11.9 Å². The fourth-order valence-electron chi connectivity index (χ4n) is 2.90. The monoisotopic (exact) mass is 376 g/mol. The first kappa shape index (κ1) is 20.9. The maximum Gasteiger partial charge on any atom is 0.409 e. The molecule has 1 amide bonds. The largest absolute Gasteiger partial charge is 0.494 e. The molecule has 1 saturated heterocycles. The predicted molar refractivity (Wildman–Crippen MR) is 107 cm³/mol. The summed E-state index contributed by atoms with van der Waals surface area (Å²) in [5, 5.41) is 3.40. The van der Waals surface area contributed by atoms with Crippen LogP contribution in [0.1, 0.15) is 25.3 Å². The third-order valence-corrected chi connectivity index (χ3v) is 4.46. The van der Waals surface area contributed by atoms with Gasteiger partial charge in [-0.1, -0.05) is 17.7 Å². The lowest BCUT2D eigenvalue weighted by molar-refractivity contribution is 0.0914. The van der Waals surface area contributed by atoms with Crippen molar-refractivity contribution in [2.24, 2.45) is 4.99 Å². The van der Waals surface area contributed by atoms with E-state index in [4.69, 9.17) is 9.47 Å². The number of aliphatic imine (C=N–C) groups is 1. The summed E-state index contributed by atoms with van der Waals surface area (Å²) in [6.07, 6.45) is 1.76. The van der Waals surface area contributed by atoms with Gasteiger partial charge in [0, 0.05) is 39.8 Å². The molecule has 27 heavy (non-hydrogen) atoms. The van der Waals surface area contributed by atoms with Gasteiger partial charge in [-0.05, 0) is 38.8 Å². The van der Waals surface area contributed by atoms with Gasteiger partial charge < -0.3 is 24.6 Å².